The lowest BCUT2D eigenvalue weighted by Crippen LogP contribution is -2.38. The number of carbonyl (C=O) groups excluding carboxylic acids is 2. The van der Waals surface area contributed by atoms with Gasteiger partial charge in [0.1, 0.15) is 17.3 Å². The normalized spacial score (nSPS) is 13.1. The summed E-state index contributed by atoms with van der Waals surface area (Å²) in [6.45, 7) is 1.70. The molecule has 0 spiro atoms. The van der Waals surface area contributed by atoms with E-state index < -0.39 is 5.82 Å². The van der Waals surface area contributed by atoms with Crippen molar-refractivity contribution in [3.8, 4) is 11.5 Å². The molecule has 0 aliphatic carbocycles. The number of halogens is 1. The monoisotopic (exact) mass is 357 g/mol. The zero-order valence-electron chi connectivity index (χ0n) is 14.8. The fourth-order valence-corrected chi connectivity index (χ4v) is 3.05. The highest BCUT2D eigenvalue weighted by Gasteiger charge is 2.23. The van der Waals surface area contributed by atoms with Crippen molar-refractivity contribution < 1.29 is 23.5 Å². The number of Topliss-reactive ketones (excluding diaryl/α,β-unsaturated/α-hetero) is 1. The molecule has 2 aromatic carbocycles. The highest BCUT2D eigenvalue weighted by atomic mass is 19.1. The molecule has 0 radical (unpaired) electrons. The number of ketones is 1. The van der Waals surface area contributed by atoms with E-state index >= 15 is 0 Å². The minimum atomic E-state index is -0.655. The number of hydrogen-bond acceptors (Lipinski definition) is 4. The van der Waals surface area contributed by atoms with Crippen molar-refractivity contribution in [1.82, 2.24) is 0 Å². The molecule has 1 aliphatic rings. The zero-order valence-corrected chi connectivity index (χ0v) is 14.8. The third-order valence-corrected chi connectivity index (χ3v) is 4.39. The molecule has 6 heteroatoms. The molecule has 0 saturated heterocycles. The number of rotatable bonds is 5. The van der Waals surface area contributed by atoms with Crippen molar-refractivity contribution in [1.29, 1.82) is 0 Å². The van der Waals surface area contributed by atoms with Gasteiger partial charge in [0.15, 0.2) is 12.4 Å². The number of methoxy groups -OCH3 is 1. The average Bonchev–Trinajstić information content (AvgIpc) is 2.64. The average molecular weight is 357 g/mol. The molecular formula is C20H20FNO4. The third-order valence-electron chi connectivity index (χ3n) is 4.39. The lowest BCUT2D eigenvalue weighted by Gasteiger charge is -2.29. The van der Waals surface area contributed by atoms with Crippen LogP contribution in [0.3, 0.4) is 0 Å². The van der Waals surface area contributed by atoms with Crippen LogP contribution in [-0.2, 0) is 11.2 Å². The number of hydrogen-bond donors (Lipinski definition) is 0. The number of aryl methyl sites for hydroxylation is 1. The molecular weight excluding hydrogens is 337 g/mol. The Hall–Kier alpha value is -2.89. The lowest BCUT2D eigenvalue weighted by atomic mass is 10.0. The number of fused-ring (bicyclic) bond motifs is 1. The topological polar surface area (TPSA) is 55.8 Å². The van der Waals surface area contributed by atoms with Crippen molar-refractivity contribution in [3.05, 3.63) is 53.3 Å². The Morgan fingerprint density at radius 1 is 1.15 bits per heavy atom. The van der Waals surface area contributed by atoms with Crippen LogP contribution in [0.15, 0.2) is 36.4 Å². The van der Waals surface area contributed by atoms with Gasteiger partial charge in [-0.3, -0.25) is 9.59 Å². The molecule has 1 aliphatic heterocycles. The lowest BCUT2D eigenvalue weighted by molar-refractivity contribution is -0.120. The summed E-state index contributed by atoms with van der Waals surface area (Å²) in [4.78, 5) is 25.5. The molecule has 0 atom stereocenters. The molecule has 0 aromatic heterocycles. The molecule has 2 aromatic rings. The van der Waals surface area contributed by atoms with E-state index in [0.29, 0.717) is 6.54 Å². The van der Waals surface area contributed by atoms with Crippen molar-refractivity contribution in [2.45, 2.75) is 19.8 Å². The Morgan fingerprint density at radius 2 is 1.92 bits per heavy atom. The van der Waals surface area contributed by atoms with Gasteiger partial charge in [-0.25, -0.2) is 4.39 Å². The molecule has 0 N–H and O–H groups in total. The van der Waals surface area contributed by atoms with Crippen molar-refractivity contribution in [2.75, 3.05) is 25.2 Å². The molecule has 5 nitrogen and oxygen atoms in total. The largest absolute Gasteiger partial charge is 0.497 e. The van der Waals surface area contributed by atoms with Gasteiger partial charge >= 0.3 is 0 Å². The van der Waals surface area contributed by atoms with Gasteiger partial charge < -0.3 is 14.4 Å². The van der Waals surface area contributed by atoms with E-state index in [-0.39, 0.29) is 29.6 Å². The van der Waals surface area contributed by atoms with Crippen LogP contribution >= 0.6 is 0 Å². The van der Waals surface area contributed by atoms with E-state index in [0.717, 1.165) is 35.9 Å². The summed E-state index contributed by atoms with van der Waals surface area (Å²) in [7, 11) is 1.61. The highest BCUT2D eigenvalue weighted by molar-refractivity contribution is 5.96. The third kappa shape index (κ3) is 3.69. The molecule has 1 heterocycles. The summed E-state index contributed by atoms with van der Waals surface area (Å²) in [6, 6.07) is 9.60. The van der Waals surface area contributed by atoms with Crippen LogP contribution in [0.4, 0.5) is 10.1 Å². The van der Waals surface area contributed by atoms with Gasteiger partial charge in [-0.2, -0.15) is 0 Å². The number of amides is 1. The second-order valence-corrected chi connectivity index (χ2v) is 6.13. The van der Waals surface area contributed by atoms with E-state index in [2.05, 4.69) is 0 Å². The van der Waals surface area contributed by atoms with E-state index in [1.165, 1.54) is 19.1 Å². The van der Waals surface area contributed by atoms with Crippen LogP contribution in [0.25, 0.3) is 0 Å². The molecule has 3 rings (SSSR count). The van der Waals surface area contributed by atoms with Crippen molar-refractivity contribution >= 4 is 17.4 Å². The number of anilines is 1. The van der Waals surface area contributed by atoms with E-state index in [1.807, 2.05) is 18.2 Å². The summed E-state index contributed by atoms with van der Waals surface area (Å²) < 4.78 is 24.5. The maximum atomic E-state index is 13.8. The fraction of sp³-hybridized carbons (Fsp3) is 0.300. The summed E-state index contributed by atoms with van der Waals surface area (Å²) in [5, 5.41) is 0. The van der Waals surface area contributed by atoms with Crippen LogP contribution in [0.1, 0.15) is 29.3 Å². The summed E-state index contributed by atoms with van der Waals surface area (Å²) in [5.74, 6) is -0.237. The quantitative estimate of drug-likeness (QED) is 0.770. The number of benzene rings is 2. The first kappa shape index (κ1) is 17.9. The van der Waals surface area contributed by atoms with Gasteiger partial charge in [-0.05, 0) is 55.7 Å². The van der Waals surface area contributed by atoms with Crippen LogP contribution in [-0.4, -0.2) is 32.0 Å². The smallest absolute Gasteiger partial charge is 0.264 e. The molecule has 136 valence electrons. The Morgan fingerprint density at radius 3 is 2.62 bits per heavy atom. The van der Waals surface area contributed by atoms with Crippen LogP contribution in [0.5, 0.6) is 11.5 Å². The predicted molar refractivity (Wildman–Crippen MR) is 95.6 cm³/mol. The molecule has 26 heavy (non-hydrogen) atoms. The summed E-state index contributed by atoms with van der Waals surface area (Å²) >= 11 is 0. The van der Waals surface area contributed by atoms with Crippen LogP contribution in [0.2, 0.25) is 0 Å². The Labute approximate surface area is 151 Å². The molecule has 1 amide bonds. The maximum absolute atomic E-state index is 13.8. The fourth-order valence-electron chi connectivity index (χ4n) is 3.05. The first-order chi connectivity index (χ1) is 12.5. The second-order valence-electron chi connectivity index (χ2n) is 6.13. The first-order valence-electron chi connectivity index (χ1n) is 8.40. The second kappa shape index (κ2) is 7.56. The standard InChI is InChI=1S/C20H20FNO4/c1-13(23)17-7-5-16(11-18(17)21)26-12-20(24)22-9-3-4-14-10-15(25-2)6-8-19(14)22/h5-8,10-11H,3-4,9,12H2,1-2H3. The number of nitrogens with zero attached hydrogens (tertiary/aromatic N) is 1. The van der Waals surface area contributed by atoms with E-state index in [9.17, 15) is 14.0 Å². The summed E-state index contributed by atoms with van der Waals surface area (Å²) in [6.07, 6.45) is 1.74. The Balaban J connectivity index is 1.70. The number of carbonyl (C=O) groups is 2. The van der Waals surface area contributed by atoms with Gasteiger partial charge in [0.2, 0.25) is 0 Å². The van der Waals surface area contributed by atoms with E-state index in [1.54, 1.807) is 12.0 Å². The van der Waals surface area contributed by atoms with Gasteiger partial charge in [-0.15, -0.1) is 0 Å². The van der Waals surface area contributed by atoms with Crippen LogP contribution < -0.4 is 14.4 Å². The van der Waals surface area contributed by atoms with Gasteiger partial charge in [-0.1, -0.05) is 0 Å². The first-order valence-corrected chi connectivity index (χ1v) is 8.40. The maximum Gasteiger partial charge on any atom is 0.264 e. The van der Waals surface area contributed by atoms with Gasteiger partial charge in [0.05, 0.1) is 12.7 Å². The number of ether oxygens (including phenoxy) is 2. The minimum absolute atomic E-state index is 0.00239. The van der Waals surface area contributed by atoms with E-state index in [4.69, 9.17) is 9.47 Å². The van der Waals surface area contributed by atoms with Gasteiger partial charge in [0, 0.05) is 18.3 Å². The molecule has 0 saturated carbocycles. The molecule has 0 bridgehead atoms. The highest BCUT2D eigenvalue weighted by Crippen LogP contribution is 2.30. The Bertz CT molecular complexity index is 850. The van der Waals surface area contributed by atoms with Crippen molar-refractivity contribution in [2.24, 2.45) is 0 Å². The van der Waals surface area contributed by atoms with Crippen molar-refractivity contribution in [3.63, 3.8) is 0 Å². The van der Waals surface area contributed by atoms with Crippen LogP contribution in [0, 0.1) is 5.82 Å². The predicted octanol–water partition coefficient (Wildman–Crippen LogP) is 3.40. The molecule has 0 fully saturated rings. The van der Waals surface area contributed by atoms with Gasteiger partial charge in [0.25, 0.3) is 5.91 Å². The zero-order chi connectivity index (χ0) is 18.7. The SMILES string of the molecule is COc1ccc2c(c1)CCCN2C(=O)COc1ccc(C(C)=O)c(F)c1. The summed E-state index contributed by atoms with van der Waals surface area (Å²) in [5.41, 5.74) is 1.91. The minimum Gasteiger partial charge on any atom is -0.497 e. The molecule has 0 unspecified atom stereocenters. The Kier molecular flexibility index (Phi) is 5.21.